The lowest BCUT2D eigenvalue weighted by atomic mass is 9.96. The van der Waals surface area contributed by atoms with Gasteiger partial charge in [0.1, 0.15) is 5.82 Å². The lowest BCUT2D eigenvalue weighted by Gasteiger charge is -2.28. The maximum Gasteiger partial charge on any atom is 0.229 e. The normalized spacial score (nSPS) is 17.6. The Bertz CT molecular complexity index is 1550. The largest absolute Gasteiger partial charge is 0.351 e. The van der Waals surface area contributed by atoms with Gasteiger partial charge in [0, 0.05) is 34.6 Å². The Labute approximate surface area is 221 Å². The van der Waals surface area contributed by atoms with Crippen LogP contribution in [0.2, 0.25) is 0 Å². The highest BCUT2D eigenvalue weighted by Crippen LogP contribution is 2.43. The monoisotopic (exact) mass is 535 g/mol. The van der Waals surface area contributed by atoms with Gasteiger partial charge in [-0.2, -0.15) is 0 Å². The minimum absolute atomic E-state index is 0.232. The molecule has 0 radical (unpaired) electrons. The van der Waals surface area contributed by atoms with Gasteiger partial charge in [-0.3, -0.25) is 9.71 Å². The Kier molecular flexibility index (Phi) is 6.47. The van der Waals surface area contributed by atoms with Crippen LogP contribution in [0.5, 0.6) is 0 Å². The summed E-state index contributed by atoms with van der Waals surface area (Å²) in [7, 11) is -3.39. The number of thiocarbonyl (C=S) groups is 1. The van der Waals surface area contributed by atoms with Gasteiger partial charge in [0.25, 0.3) is 0 Å². The van der Waals surface area contributed by atoms with Crippen molar-refractivity contribution in [1.29, 1.82) is 0 Å². The zero-order valence-corrected chi connectivity index (χ0v) is 22.1. The van der Waals surface area contributed by atoms with Crippen LogP contribution in [-0.4, -0.2) is 29.3 Å². The maximum atomic E-state index is 13.6. The number of hydrogen-bond donors (Lipinski definition) is 2. The molecule has 1 saturated heterocycles. The zero-order valence-electron chi connectivity index (χ0n) is 20.5. The molecule has 1 fully saturated rings. The molecule has 7 nitrogen and oxygen atoms in total. The fourth-order valence-corrected chi connectivity index (χ4v) is 5.84. The molecule has 2 aromatic heterocycles. The molecule has 0 bridgehead atoms. The number of aryl methyl sites for hydroxylation is 1. The van der Waals surface area contributed by atoms with Crippen LogP contribution in [0.4, 0.5) is 15.8 Å². The molecule has 37 heavy (non-hydrogen) atoms. The summed E-state index contributed by atoms with van der Waals surface area (Å²) in [5.74, 6) is -0.285. The molecule has 2 aromatic carbocycles. The zero-order chi connectivity index (χ0) is 26.3. The topological polar surface area (TPSA) is 79.3 Å². The van der Waals surface area contributed by atoms with Gasteiger partial charge in [0.15, 0.2) is 5.11 Å². The average Bonchev–Trinajstić information content (AvgIpc) is 3.35. The third kappa shape index (κ3) is 4.94. The van der Waals surface area contributed by atoms with E-state index in [2.05, 4.69) is 25.7 Å². The van der Waals surface area contributed by atoms with Crippen LogP contribution < -0.4 is 14.9 Å². The van der Waals surface area contributed by atoms with Crippen molar-refractivity contribution in [3.8, 4) is 5.69 Å². The molecule has 1 aliphatic rings. The van der Waals surface area contributed by atoms with Crippen LogP contribution >= 0.6 is 12.2 Å². The third-order valence-corrected chi connectivity index (χ3v) is 7.34. The van der Waals surface area contributed by atoms with E-state index in [1.54, 1.807) is 30.5 Å². The van der Waals surface area contributed by atoms with Crippen molar-refractivity contribution in [2.24, 2.45) is 0 Å². The first-order valence-corrected chi connectivity index (χ1v) is 14.0. The predicted octanol–water partition coefficient (Wildman–Crippen LogP) is 5.18. The second-order valence-electron chi connectivity index (χ2n) is 9.06. The highest BCUT2D eigenvalue weighted by Gasteiger charge is 2.42. The van der Waals surface area contributed by atoms with E-state index in [9.17, 15) is 12.8 Å². The molecule has 0 spiro atoms. The standard InChI is InChI=1S/C27H26FN5O2S2/c1-17-16-23(18(2)32(17)21-11-7-19(28)8-12-21)26-25(24-6-4-5-15-29-24)30-27(36)33(26)22-13-9-20(10-14-22)31-37(3,34)35/h4-16,25-26,31H,1-3H3,(H,30,36)/t25-,26-/m1/s1. The number of hydrogen-bond acceptors (Lipinski definition) is 4. The fourth-order valence-electron chi connectivity index (χ4n) is 4.93. The Balaban J connectivity index is 1.62. The van der Waals surface area contributed by atoms with E-state index in [1.165, 1.54) is 12.1 Å². The van der Waals surface area contributed by atoms with Crippen LogP contribution in [0.3, 0.4) is 0 Å². The van der Waals surface area contributed by atoms with Gasteiger partial charge in [-0.05, 0) is 98.4 Å². The number of pyridine rings is 1. The summed E-state index contributed by atoms with van der Waals surface area (Å²) < 4.78 is 41.5. The molecule has 5 rings (SSSR count). The van der Waals surface area contributed by atoms with Crippen LogP contribution in [0.15, 0.2) is 79.0 Å². The molecular formula is C27H26FN5O2S2. The van der Waals surface area contributed by atoms with Gasteiger partial charge in [-0.25, -0.2) is 12.8 Å². The Morgan fingerprint density at radius 2 is 1.68 bits per heavy atom. The summed E-state index contributed by atoms with van der Waals surface area (Å²) in [6, 6.07) is 21.0. The van der Waals surface area contributed by atoms with Gasteiger partial charge in [0.2, 0.25) is 10.0 Å². The molecule has 0 saturated carbocycles. The van der Waals surface area contributed by atoms with E-state index in [0.717, 1.165) is 40.3 Å². The first kappa shape index (κ1) is 24.9. The molecule has 2 N–H and O–H groups in total. The number of nitrogens with one attached hydrogen (secondary N) is 2. The lowest BCUT2D eigenvalue weighted by molar-refractivity contribution is 0.565. The van der Waals surface area contributed by atoms with Crippen LogP contribution in [-0.2, 0) is 10.0 Å². The number of aromatic nitrogens is 2. The molecule has 2 atom stereocenters. The number of nitrogens with zero attached hydrogens (tertiary/aromatic N) is 3. The first-order chi connectivity index (χ1) is 17.6. The van der Waals surface area contributed by atoms with E-state index < -0.39 is 10.0 Å². The second kappa shape index (κ2) is 9.60. The Morgan fingerprint density at radius 1 is 1.00 bits per heavy atom. The molecule has 4 aromatic rings. The molecule has 3 heterocycles. The Hall–Kier alpha value is -3.76. The number of benzene rings is 2. The van der Waals surface area contributed by atoms with Crippen molar-refractivity contribution < 1.29 is 12.8 Å². The van der Waals surface area contributed by atoms with E-state index >= 15 is 0 Å². The summed E-state index contributed by atoms with van der Waals surface area (Å²) >= 11 is 5.81. The Morgan fingerprint density at radius 3 is 2.30 bits per heavy atom. The van der Waals surface area contributed by atoms with Gasteiger partial charge < -0.3 is 14.8 Å². The lowest BCUT2D eigenvalue weighted by Crippen LogP contribution is -2.29. The highest BCUT2D eigenvalue weighted by molar-refractivity contribution is 7.92. The van der Waals surface area contributed by atoms with E-state index in [1.807, 2.05) is 49.1 Å². The highest BCUT2D eigenvalue weighted by atomic mass is 32.2. The smallest absolute Gasteiger partial charge is 0.229 e. The van der Waals surface area contributed by atoms with Crippen molar-refractivity contribution in [3.05, 3.63) is 107 Å². The number of rotatable bonds is 6. The van der Waals surface area contributed by atoms with Crippen LogP contribution in [0.1, 0.15) is 34.7 Å². The maximum absolute atomic E-state index is 13.6. The van der Waals surface area contributed by atoms with E-state index in [-0.39, 0.29) is 17.9 Å². The SMILES string of the molecule is Cc1cc([C@@H]2[C@@H](c3ccccn3)NC(=S)N2c2ccc(NS(C)(=O)=O)cc2)c(C)n1-c1ccc(F)cc1. The summed E-state index contributed by atoms with van der Waals surface area (Å²) in [4.78, 5) is 6.64. The van der Waals surface area contributed by atoms with Gasteiger partial charge >= 0.3 is 0 Å². The van der Waals surface area contributed by atoms with Crippen LogP contribution in [0.25, 0.3) is 5.69 Å². The summed E-state index contributed by atoms with van der Waals surface area (Å²) in [5.41, 5.74) is 6.05. The van der Waals surface area contributed by atoms with E-state index in [0.29, 0.717) is 10.8 Å². The van der Waals surface area contributed by atoms with Crippen molar-refractivity contribution >= 4 is 38.7 Å². The van der Waals surface area contributed by atoms with Crippen LogP contribution in [0, 0.1) is 19.7 Å². The average molecular weight is 536 g/mol. The molecule has 0 aliphatic carbocycles. The summed E-state index contributed by atoms with van der Waals surface area (Å²) in [6.45, 7) is 4.06. The molecule has 0 unspecified atom stereocenters. The third-order valence-electron chi connectivity index (χ3n) is 6.42. The van der Waals surface area contributed by atoms with Gasteiger partial charge in [-0.1, -0.05) is 6.07 Å². The van der Waals surface area contributed by atoms with Gasteiger partial charge in [0.05, 0.1) is 24.0 Å². The molecule has 10 heteroatoms. The predicted molar refractivity (Wildman–Crippen MR) is 148 cm³/mol. The molecular weight excluding hydrogens is 509 g/mol. The first-order valence-electron chi connectivity index (χ1n) is 11.7. The quantitative estimate of drug-likeness (QED) is 0.332. The molecule has 1 aliphatic heterocycles. The number of anilines is 2. The minimum atomic E-state index is -3.39. The molecule has 190 valence electrons. The number of halogens is 1. The van der Waals surface area contributed by atoms with E-state index in [4.69, 9.17) is 12.2 Å². The van der Waals surface area contributed by atoms with Crippen molar-refractivity contribution in [1.82, 2.24) is 14.9 Å². The van der Waals surface area contributed by atoms with Crippen molar-refractivity contribution in [3.63, 3.8) is 0 Å². The summed E-state index contributed by atoms with van der Waals surface area (Å²) in [5, 5.41) is 3.99. The summed E-state index contributed by atoms with van der Waals surface area (Å²) in [6.07, 6.45) is 2.87. The van der Waals surface area contributed by atoms with Gasteiger partial charge in [-0.15, -0.1) is 0 Å². The fraction of sp³-hybridized carbons (Fsp3) is 0.185. The number of sulfonamides is 1. The second-order valence-corrected chi connectivity index (χ2v) is 11.2. The van der Waals surface area contributed by atoms with Crippen molar-refractivity contribution in [2.45, 2.75) is 25.9 Å². The minimum Gasteiger partial charge on any atom is -0.351 e. The van der Waals surface area contributed by atoms with Crippen molar-refractivity contribution in [2.75, 3.05) is 15.9 Å². The molecule has 0 amide bonds.